The summed E-state index contributed by atoms with van der Waals surface area (Å²) in [4.78, 5) is 32.2. The first-order valence-electron chi connectivity index (χ1n) is 10.3. The van der Waals surface area contributed by atoms with E-state index in [2.05, 4.69) is 11.0 Å². The molecule has 30 heavy (non-hydrogen) atoms. The van der Waals surface area contributed by atoms with Crippen molar-refractivity contribution in [2.45, 2.75) is 44.8 Å². The van der Waals surface area contributed by atoms with Crippen molar-refractivity contribution in [2.24, 2.45) is 5.41 Å². The Kier molecular flexibility index (Phi) is 5.10. The Hall–Kier alpha value is -2.79. The Morgan fingerprint density at radius 1 is 1.23 bits per heavy atom. The minimum absolute atomic E-state index is 0.0643. The SMILES string of the molecule is C[C@@H]1C(=O)N2[C@@H](c3ccc4c(c3)OCO4)[C@@](C)(C#N)C[C@H]2C(=O)N1CCCN(C)C. The number of nitriles is 1. The van der Waals surface area contributed by atoms with Crippen molar-refractivity contribution in [1.82, 2.24) is 14.7 Å². The van der Waals surface area contributed by atoms with E-state index in [1.165, 1.54) is 0 Å². The normalized spacial score (nSPS) is 30.1. The molecular weight excluding hydrogens is 384 g/mol. The monoisotopic (exact) mass is 412 g/mol. The van der Waals surface area contributed by atoms with Crippen LogP contribution < -0.4 is 9.47 Å². The lowest BCUT2D eigenvalue weighted by atomic mass is 9.79. The van der Waals surface area contributed by atoms with Gasteiger partial charge in [0.1, 0.15) is 12.1 Å². The van der Waals surface area contributed by atoms with Gasteiger partial charge in [-0.25, -0.2) is 0 Å². The third-order valence-corrected chi connectivity index (χ3v) is 6.45. The summed E-state index contributed by atoms with van der Waals surface area (Å²) in [7, 11) is 3.97. The number of rotatable bonds is 5. The molecule has 1 aromatic rings. The Balaban J connectivity index is 1.67. The quantitative estimate of drug-likeness (QED) is 0.733. The summed E-state index contributed by atoms with van der Waals surface area (Å²) in [6, 6.07) is 6.22. The highest BCUT2D eigenvalue weighted by Gasteiger charge is 2.59. The fourth-order valence-electron chi connectivity index (χ4n) is 4.90. The minimum atomic E-state index is -0.872. The molecule has 0 aliphatic carbocycles. The number of carbonyl (C=O) groups is 2. The van der Waals surface area contributed by atoms with E-state index in [0.29, 0.717) is 24.5 Å². The number of piperazine rings is 1. The lowest BCUT2D eigenvalue weighted by Crippen LogP contribution is -2.62. The van der Waals surface area contributed by atoms with Crippen molar-refractivity contribution in [3.63, 3.8) is 0 Å². The molecule has 8 heteroatoms. The number of fused-ring (bicyclic) bond motifs is 2. The van der Waals surface area contributed by atoms with E-state index in [9.17, 15) is 14.9 Å². The predicted octanol–water partition coefficient (Wildman–Crippen LogP) is 1.77. The maximum atomic E-state index is 13.4. The molecule has 3 heterocycles. The molecule has 0 saturated carbocycles. The number of carbonyl (C=O) groups excluding carboxylic acids is 2. The summed E-state index contributed by atoms with van der Waals surface area (Å²) in [6.45, 7) is 5.15. The Morgan fingerprint density at radius 2 is 1.97 bits per heavy atom. The third-order valence-electron chi connectivity index (χ3n) is 6.45. The highest BCUT2D eigenvalue weighted by Crippen LogP contribution is 2.52. The lowest BCUT2D eigenvalue weighted by Gasteiger charge is -2.43. The number of nitrogens with zero attached hydrogens (tertiary/aromatic N) is 4. The van der Waals surface area contributed by atoms with E-state index < -0.39 is 23.5 Å². The molecule has 160 valence electrons. The van der Waals surface area contributed by atoms with Crippen LogP contribution in [-0.4, -0.2) is 72.6 Å². The van der Waals surface area contributed by atoms with Crippen molar-refractivity contribution in [2.75, 3.05) is 34.0 Å². The molecule has 1 aromatic carbocycles. The molecular formula is C22H28N4O4. The molecule has 0 bridgehead atoms. The highest BCUT2D eigenvalue weighted by atomic mass is 16.7. The molecule has 4 rings (SSSR count). The van der Waals surface area contributed by atoms with Crippen LogP contribution in [0.5, 0.6) is 11.5 Å². The van der Waals surface area contributed by atoms with E-state index in [4.69, 9.17) is 9.47 Å². The molecule has 2 saturated heterocycles. The zero-order chi connectivity index (χ0) is 21.6. The van der Waals surface area contributed by atoms with Gasteiger partial charge in [-0.05, 0) is 65.0 Å². The maximum absolute atomic E-state index is 13.4. The predicted molar refractivity (Wildman–Crippen MR) is 109 cm³/mol. The number of benzene rings is 1. The van der Waals surface area contributed by atoms with E-state index in [-0.39, 0.29) is 18.6 Å². The van der Waals surface area contributed by atoms with Crippen molar-refractivity contribution in [1.29, 1.82) is 5.26 Å². The summed E-state index contributed by atoms with van der Waals surface area (Å²) in [5.41, 5.74) is -0.0801. The van der Waals surface area contributed by atoms with Crippen molar-refractivity contribution < 1.29 is 19.1 Å². The van der Waals surface area contributed by atoms with Gasteiger partial charge >= 0.3 is 0 Å². The Labute approximate surface area is 176 Å². The van der Waals surface area contributed by atoms with Gasteiger partial charge in [0.2, 0.25) is 18.6 Å². The zero-order valence-corrected chi connectivity index (χ0v) is 17.9. The average Bonchev–Trinajstić information content (AvgIpc) is 3.30. The van der Waals surface area contributed by atoms with Crippen molar-refractivity contribution in [3.05, 3.63) is 23.8 Å². The first kappa shape index (κ1) is 20.5. The molecule has 0 aromatic heterocycles. The summed E-state index contributed by atoms with van der Waals surface area (Å²) < 4.78 is 10.9. The second kappa shape index (κ2) is 7.47. The molecule has 2 amide bonds. The van der Waals surface area contributed by atoms with Crippen LogP contribution in [0.4, 0.5) is 0 Å². The number of hydrogen-bond donors (Lipinski definition) is 0. The molecule has 0 N–H and O–H groups in total. The average molecular weight is 412 g/mol. The maximum Gasteiger partial charge on any atom is 0.246 e. The van der Waals surface area contributed by atoms with Crippen LogP contribution in [0.2, 0.25) is 0 Å². The Bertz CT molecular complexity index is 911. The van der Waals surface area contributed by atoms with Gasteiger partial charge < -0.3 is 24.2 Å². The summed E-state index contributed by atoms with van der Waals surface area (Å²) >= 11 is 0. The molecule has 8 nitrogen and oxygen atoms in total. The van der Waals surface area contributed by atoms with Gasteiger partial charge in [0.05, 0.1) is 17.5 Å². The van der Waals surface area contributed by atoms with Crippen LogP contribution >= 0.6 is 0 Å². The van der Waals surface area contributed by atoms with E-state index in [0.717, 1.165) is 18.5 Å². The smallest absolute Gasteiger partial charge is 0.246 e. The van der Waals surface area contributed by atoms with Crippen LogP contribution in [0.15, 0.2) is 18.2 Å². The second-order valence-corrected chi connectivity index (χ2v) is 8.87. The first-order chi connectivity index (χ1) is 14.3. The van der Waals surface area contributed by atoms with Gasteiger partial charge in [0.15, 0.2) is 11.5 Å². The highest BCUT2D eigenvalue weighted by molar-refractivity contribution is 5.98. The number of amides is 2. The number of hydrogen-bond acceptors (Lipinski definition) is 6. The van der Waals surface area contributed by atoms with Gasteiger partial charge in [0.25, 0.3) is 0 Å². The molecule has 2 fully saturated rings. The molecule has 4 atom stereocenters. The largest absolute Gasteiger partial charge is 0.454 e. The Morgan fingerprint density at radius 3 is 2.67 bits per heavy atom. The van der Waals surface area contributed by atoms with Crippen LogP contribution in [0, 0.1) is 16.7 Å². The van der Waals surface area contributed by atoms with Gasteiger partial charge in [-0.3, -0.25) is 9.59 Å². The topological polar surface area (TPSA) is 86.1 Å². The van der Waals surface area contributed by atoms with Crippen LogP contribution in [-0.2, 0) is 9.59 Å². The molecule has 0 radical (unpaired) electrons. The van der Waals surface area contributed by atoms with E-state index in [1.807, 2.05) is 33.2 Å². The molecule has 3 aliphatic rings. The van der Waals surface area contributed by atoms with Gasteiger partial charge in [-0.15, -0.1) is 0 Å². The van der Waals surface area contributed by atoms with Gasteiger partial charge in [-0.1, -0.05) is 6.07 Å². The zero-order valence-electron chi connectivity index (χ0n) is 17.9. The van der Waals surface area contributed by atoms with E-state index >= 15 is 0 Å². The van der Waals surface area contributed by atoms with Crippen LogP contribution in [0.3, 0.4) is 0 Å². The second-order valence-electron chi connectivity index (χ2n) is 8.87. The molecule has 0 unspecified atom stereocenters. The first-order valence-corrected chi connectivity index (χ1v) is 10.3. The lowest BCUT2D eigenvalue weighted by molar-refractivity contribution is -0.160. The third kappa shape index (κ3) is 3.18. The van der Waals surface area contributed by atoms with Gasteiger partial charge in [0, 0.05) is 6.54 Å². The summed E-state index contributed by atoms with van der Waals surface area (Å²) in [5, 5.41) is 10.0. The fraction of sp³-hybridized carbons (Fsp3) is 0.591. The van der Waals surface area contributed by atoms with Gasteiger partial charge in [-0.2, -0.15) is 5.26 Å². The van der Waals surface area contributed by atoms with E-state index in [1.54, 1.807) is 22.8 Å². The van der Waals surface area contributed by atoms with Crippen molar-refractivity contribution in [3.8, 4) is 17.6 Å². The van der Waals surface area contributed by atoms with Crippen LogP contribution in [0.1, 0.15) is 38.3 Å². The summed E-state index contributed by atoms with van der Waals surface area (Å²) in [6.07, 6.45) is 1.12. The standard InChI is InChI=1S/C22H28N4O4/c1-14-20(27)26-16(21(28)25(14)9-5-8-24(3)4)11-22(2,12-23)19(26)15-6-7-17-18(10-15)30-13-29-17/h6-7,10,14,16,19H,5,8-9,11,13H2,1-4H3/t14-,16+,19+,22-/m1/s1. The summed E-state index contributed by atoms with van der Waals surface area (Å²) in [5.74, 6) is 1.08. The minimum Gasteiger partial charge on any atom is -0.454 e. The van der Waals surface area contributed by atoms with Crippen molar-refractivity contribution >= 4 is 11.8 Å². The van der Waals surface area contributed by atoms with Crippen LogP contribution in [0.25, 0.3) is 0 Å². The fourth-order valence-corrected chi connectivity index (χ4v) is 4.90. The number of ether oxygens (including phenoxy) is 2. The molecule has 3 aliphatic heterocycles. The molecule has 0 spiro atoms.